The fraction of sp³-hybridized carbons (Fsp3) is 0.0714. The molecule has 4 nitrogen and oxygen atoms in total. The van der Waals surface area contributed by atoms with Crippen molar-refractivity contribution in [3.63, 3.8) is 0 Å². The second-order valence-corrected chi connectivity index (χ2v) is 4.22. The molecule has 0 radical (unpaired) electrons. The van der Waals surface area contributed by atoms with Crippen LogP contribution in [0.4, 0.5) is 4.39 Å². The highest BCUT2D eigenvalue weighted by molar-refractivity contribution is 5.95. The molecule has 0 saturated carbocycles. The standard InChI is InChI=1S/C14H10FN3O/c15-12-4-10(5-16-6-12)7-18-8-11(9-19)13-2-1-3-17-14(13)18/h1-6,8-9H,7H2. The van der Waals surface area contributed by atoms with E-state index in [9.17, 15) is 9.18 Å². The number of hydrogen-bond acceptors (Lipinski definition) is 3. The second kappa shape index (κ2) is 4.61. The lowest BCUT2D eigenvalue weighted by Gasteiger charge is -2.04. The van der Waals surface area contributed by atoms with Crippen LogP contribution < -0.4 is 0 Å². The Bertz CT molecular complexity index is 751. The average Bonchev–Trinajstić information content (AvgIpc) is 2.77. The Hall–Kier alpha value is -2.56. The summed E-state index contributed by atoms with van der Waals surface area (Å²) in [7, 11) is 0. The van der Waals surface area contributed by atoms with E-state index in [1.165, 1.54) is 6.07 Å². The van der Waals surface area contributed by atoms with Crippen LogP contribution in [0.2, 0.25) is 0 Å². The van der Waals surface area contributed by atoms with E-state index < -0.39 is 0 Å². The summed E-state index contributed by atoms with van der Waals surface area (Å²) in [5.74, 6) is -0.377. The van der Waals surface area contributed by atoms with Crippen molar-refractivity contribution in [1.82, 2.24) is 14.5 Å². The highest BCUT2D eigenvalue weighted by atomic mass is 19.1. The summed E-state index contributed by atoms with van der Waals surface area (Å²) < 4.78 is 14.9. The predicted molar refractivity (Wildman–Crippen MR) is 68.4 cm³/mol. The molecule has 0 unspecified atom stereocenters. The fourth-order valence-electron chi connectivity index (χ4n) is 2.10. The monoisotopic (exact) mass is 255 g/mol. The molecule has 0 aliphatic rings. The first-order valence-corrected chi connectivity index (χ1v) is 5.76. The number of rotatable bonds is 3. The van der Waals surface area contributed by atoms with Crippen LogP contribution in [-0.4, -0.2) is 20.8 Å². The number of pyridine rings is 2. The van der Waals surface area contributed by atoms with Gasteiger partial charge in [-0.15, -0.1) is 0 Å². The van der Waals surface area contributed by atoms with Gasteiger partial charge in [-0.2, -0.15) is 0 Å². The smallest absolute Gasteiger partial charge is 0.152 e. The molecule has 3 aromatic heterocycles. The van der Waals surface area contributed by atoms with E-state index in [4.69, 9.17) is 0 Å². The third-order valence-electron chi connectivity index (χ3n) is 2.91. The molecule has 0 atom stereocenters. The summed E-state index contributed by atoms with van der Waals surface area (Å²) in [6, 6.07) is 5.04. The number of carbonyl (C=O) groups excluding carboxylic acids is 1. The lowest BCUT2D eigenvalue weighted by atomic mass is 10.2. The SMILES string of the molecule is O=Cc1cn(Cc2cncc(F)c2)c2ncccc12. The molecule has 0 aliphatic heterocycles. The molecule has 5 heteroatoms. The molecule has 0 N–H and O–H groups in total. The van der Waals surface area contributed by atoms with E-state index in [2.05, 4.69) is 9.97 Å². The van der Waals surface area contributed by atoms with Crippen LogP contribution in [0.3, 0.4) is 0 Å². The number of aromatic nitrogens is 3. The number of halogens is 1. The Labute approximate surface area is 108 Å². The molecule has 3 heterocycles. The third-order valence-corrected chi connectivity index (χ3v) is 2.91. The van der Waals surface area contributed by atoms with Gasteiger partial charge >= 0.3 is 0 Å². The molecule has 0 spiro atoms. The summed E-state index contributed by atoms with van der Waals surface area (Å²) in [4.78, 5) is 19.1. The molecule has 0 saturated heterocycles. The number of fused-ring (bicyclic) bond motifs is 1. The number of carbonyl (C=O) groups is 1. The van der Waals surface area contributed by atoms with Crippen molar-refractivity contribution in [2.24, 2.45) is 0 Å². The Morgan fingerprint density at radius 1 is 1.37 bits per heavy atom. The number of hydrogen-bond donors (Lipinski definition) is 0. The van der Waals surface area contributed by atoms with Crippen molar-refractivity contribution in [2.75, 3.05) is 0 Å². The maximum absolute atomic E-state index is 13.1. The normalized spacial score (nSPS) is 10.8. The molecular weight excluding hydrogens is 245 g/mol. The van der Waals surface area contributed by atoms with Crippen molar-refractivity contribution in [3.8, 4) is 0 Å². The Morgan fingerprint density at radius 2 is 2.26 bits per heavy atom. The van der Waals surface area contributed by atoms with Gasteiger partial charge in [0.05, 0.1) is 12.7 Å². The minimum atomic E-state index is -0.377. The van der Waals surface area contributed by atoms with Gasteiger partial charge in [0.2, 0.25) is 0 Å². The highest BCUT2D eigenvalue weighted by Crippen LogP contribution is 2.19. The average molecular weight is 255 g/mol. The van der Waals surface area contributed by atoms with Gasteiger partial charge in [0.1, 0.15) is 11.5 Å². The van der Waals surface area contributed by atoms with Crippen LogP contribution in [-0.2, 0) is 6.54 Å². The Balaban J connectivity index is 2.08. The first kappa shape index (κ1) is 11.5. The van der Waals surface area contributed by atoms with Crippen molar-refractivity contribution in [1.29, 1.82) is 0 Å². The van der Waals surface area contributed by atoms with Gasteiger partial charge in [0.15, 0.2) is 6.29 Å². The van der Waals surface area contributed by atoms with Crippen LogP contribution in [0, 0.1) is 5.82 Å². The van der Waals surface area contributed by atoms with Crippen LogP contribution in [0.1, 0.15) is 15.9 Å². The van der Waals surface area contributed by atoms with Gasteiger partial charge in [-0.05, 0) is 23.8 Å². The van der Waals surface area contributed by atoms with Crippen LogP contribution in [0.25, 0.3) is 11.0 Å². The first-order valence-electron chi connectivity index (χ1n) is 5.76. The second-order valence-electron chi connectivity index (χ2n) is 4.22. The molecule has 0 aromatic carbocycles. The zero-order valence-corrected chi connectivity index (χ0v) is 9.95. The maximum atomic E-state index is 13.1. The summed E-state index contributed by atoms with van der Waals surface area (Å²) in [6.07, 6.45) is 6.93. The van der Waals surface area contributed by atoms with Crippen molar-refractivity contribution < 1.29 is 9.18 Å². The minimum absolute atomic E-state index is 0.377. The molecule has 0 amide bonds. The highest BCUT2D eigenvalue weighted by Gasteiger charge is 2.09. The molecule has 94 valence electrons. The summed E-state index contributed by atoms with van der Waals surface area (Å²) >= 11 is 0. The molecular formula is C14H10FN3O. The van der Waals surface area contributed by atoms with Crippen LogP contribution in [0.15, 0.2) is 43.0 Å². The van der Waals surface area contributed by atoms with Crippen LogP contribution >= 0.6 is 0 Å². The number of nitrogens with zero attached hydrogens (tertiary/aromatic N) is 3. The van der Waals surface area contributed by atoms with Crippen molar-refractivity contribution >= 4 is 17.3 Å². The van der Waals surface area contributed by atoms with E-state index in [0.29, 0.717) is 17.8 Å². The Kier molecular flexibility index (Phi) is 2.79. The van der Waals surface area contributed by atoms with Crippen molar-refractivity contribution in [3.05, 3.63) is 59.9 Å². The van der Waals surface area contributed by atoms with Gasteiger partial charge in [-0.1, -0.05) is 0 Å². The Morgan fingerprint density at radius 3 is 3.05 bits per heavy atom. The van der Waals surface area contributed by atoms with Crippen LogP contribution in [0.5, 0.6) is 0 Å². The topological polar surface area (TPSA) is 47.8 Å². The van der Waals surface area contributed by atoms with Crippen molar-refractivity contribution in [2.45, 2.75) is 6.54 Å². The molecule has 3 aromatic rings. The molecule has 19 heavy (non-hydrogen) atoms. The van der Waals surface area contributed by atoms with Gasteiger partial charge in [-0.3, -0.25) is 9.78 Å². The zero-order chi connectivity index (χ0) is 13.2. The lowest BCUT2D eigenvalue weighted by molar-refractivity contribution is 0.112. The van der Waals surface area contributed by atoms with E-state index >= 15 is 0 Å². The first-order chi connectivity index (χ1) is 9.28. The summed E-state index contributed by atoms with van der Waals surface area (Å²) in [5.41, 5.74) is 2.00. The molecule has 0 aliphatic carbocycles. The molecule has 0 bridgehead atoms. The largest absolute Gasteiger partial charge is 0.327 e. The quantitative estimate of drug-likeness (QED) is 0.675. The minimum Gasteiger partial charge on any atom is -0.327 e. The van der Waals surface area contributed by atoms with Gasteiger partial charge < -0.3 is 4.57 Å². The maximum Gasteiger partial charge on any atom is 0.152 e. The molecule has 3 rings (SSSR count). The lowest BCUT2D eigenvalue weighted by Crippen LogP contribution is -2.00. The fourth-order valence-corrected chi connectivity index (χ4v) is 2.10. The number of aldehydes is 1. The van der Waals surface area contributed by atoms with Gasteiger partial charge in [0, 0.05) is 29.5 Å². The van der Waals surface area contributed by atoms with Gasteiger partial charge in [-0.25, -0.2) is 9.37 Å². The predicted octanol–water partition coefficient (Wildman–Crippen LogP) is 2.43. The van der Waals surface area contributed by atoms with E-state index in [1.54, 1.807) is 24.7 Å². The summed E-state index contributed by atoms with van der Waals surface area (Å²) in [6.45, 7) is 0.423. The summed E-state index contributed by atoms with van der Waals surface area (Å²) in [5, 5.41) is 0.793. The zero-order valence-electron chi connectivity index (χ0n) is 9.95. The molecule has 0 fully saturated rings. The third kappa shape index (κ3) is 2.10. The van der Waals surface area contributed by atoms with Gasteiger partial charge in [0.25, 0.3) is 0 Å². The van der Waals surface area contributed by atoms with E-state index in [1.807, 2.05) is 10.6 Å². The van der Waals surface area contributed by atoms with E-state index in [0.717, 1.165) is 23.4 Å². The van der Waals surface area contributed by atoms with E-state index in [-0.39, 0.29) is 5.82 Å².